The third-order valence-corrected chi connectivity index (χ3v) is 5.82. The third-order valence-electron chi connectivity index (χ3n) is 4.46. The fraction of sp³-hybridized carbons (Fsp3) is 0.800. The summed E-state index contributed by atoms with van der Waals surface area (Å²) >= 11 is 1.90. The van der Waals surface area contributed by atoms with Crippen LogP contribution in [0.15, 0.2) is 11.1 Å². The molecule has 1 heterocycles. The van der Waals surface area contributed by atoms with Crippen molar-refractivity contribution in [2.24, 2.45) is 0 Å². The summed E-state index contributed by atoms with van der Waals surface area (Å²) in [6.45, 7) is 1.95. The average molecular weight is 265 g/mol. The molecule has 100 valence electrons. The standard InChI is InChI=1S/C15H23NOS/c17-15(11-18-14-3-1-2-4-14)16-9-7-13(8-10-16)12-5-6-12/h14H,1-11H2. The van der Waals surface area contributed by atoms with Gasteiger partial charge in [0, 0.05) is 18.3 Å². The number of carbonyl (C=O) groups excluding carboxylic acids is 1. The number of hydrogen-bond donors (Lipinski definition) is 0. The van der Waals surface area contributed by atoms with Gasteiger partial charge in [-0.05, 0) is 38.5 Å². The molecule has 0 aromatic rings. The maximum atomic E-state index is 12.1. The lowest BCUT2D eigenvalue weighted by Crippen LogP contribution is -2.37. The van der Waals surface area contributed by atoms with Crippen molar-refractivity contribution in [2.75, 3.05) is 18.8 Å². The maximum absolute atomic E-state index is 12.1. The van der Waals surface area contributed by atoms with Gasteiger partial charge in [0.1, 0.15) is 0 Å². The number of amides is 1. The molecule has 0 unspecified atom stereocenters. The molecule has 0 bridgehead atoms. The van der Waals surface area contributed by atoms with Crippen LogP contribution in [0.4, 0.5) is 0 Å². The van der Waals surface area contributed by atoms with Crippen LogP contribution < -0.4 is 0 Å². The van der Waals surface area contributed by atoms with Crippen LogP contribution in [0.25, 0.3) is 0 Å². The molecule has 0 spiro atoms. The van der Waals surface area contributed by atoms with Crippen molar-refractivity contribution in [3.63, 3.8) is 0 Å². The molecule has 2 nitrogen and oxygen atoms in total. The molecular weight excluding hydrogens is 242 g/mol. The molecule has 2 aliphatic carbocycles. The Morgan fingerprint density at radius 1 is 1.06 bits per heavy atom. The zero-order chi connectivity index (χ0) is 12.4. The highest BCUT2D eigenvalue weighted by molar-refractivity contribution is 8.00. The van der Waals surface area contributed by atoms with E-state index >= 15 is 0 Å². The number of allylic oxidation sites excluding steroid dienone is 1. The molecule has 1 amide bonds. The average Bonchev–Trinajstić information content (AvgIpc) is 3.13. The minimum absolute atomic E-state index is 0.381. The van der Waals surface area contributed by atoms with Crippen LogP contribution in [0, 0.1) is 0 Å². The largest absolute Gasteiger partial charge is 0.341 e. The Labute approximate surface area is 114 Å². The monoisotopic (exact) mass is 265 g/mol. The van der Waals surface area contributed by atoms with Crippen LogP contribution in [-0.4, -0.2) is 34.9 Å². The molecule has 3 rings (SSSR count). The van der Waals surface area contributed by atoms with E-state index in [1.54, 1.807) is 11.1 Å². The lowest BCUT2D eigenvalue weighted by atomic mass is 10.0. The van der Waals surface area contributed by atoms with Crippen molar-refractivity contribution < 1.29 is 4.79 Å². The van der Waals surface area contributed by atoms with Crippen LogP contribution in [-0.2, 0) is 4.79 Å². The van der Waals surface area contributed by atoms with Crippen molar-refractivity contribution in [3.8, 4) is 0 Å². The highest BCUT2D eigenvalue weighted by Gasteiger charge is 2.25. The smallest absolute Gasteiger partial charge is 0.232 e. The Morgan fingerprint density at radius 2 is 1.67 bits per heavy atom. The number of thioether (sulfide) groups is 1. The number of piperidine rings is 1. The van der Waals surface area contributed by atoms with Crippen molar-refractivity contribution in [3.05, 3.63) is 11.1 Å². The fourth-order valence-corrected chi connectivity index (χ4v) is 4.36. The van der Waals surface area contributed by atoms with E-state index in [2.05, 4.69) is 4.90 Å². The second-order valence-electron chi connectivity index (χ2n) is 5.81. The van der Waals surface area contributed by atoms with E-state index in [4.69, 9.17) is 0 Å². The van der Waals surface area contributed by atoms with Crippen LogP contribution in [0.1, 0.15) is 51.4 Å². The van der Waals surface area contributed by atoms with E-state index in [9.17, 15) is 4.79 Å². The predicted molar refractivity (Wildman–Crippen MR) is 76.8 cm³/mol. The number of carbonyl (C=O) groups is 1. The van der Waals surface area contributed by atoms with Gasteiger partial charge in [-0.15, -0.1) is 11.8 Å². The van der Waals surface area contributed by atoms with Crippen LogP contribution in [0.3, 0.4) is 0 Å². The second kappa shape index (κ2) is 5.68. The lowest BCUT2D eigenvalue weighted by molar-refractivity contribution is -0.128. The second-order valence-corrected chi connectivity index (χ2v) is 7.09. The van der Waals surface area contributed by atoms with Crippen molar-refractivity contribution in [1.82, 2.24) is 4.90 Å². The van der Waals surface area contributed by atoms with E-state index in [0.29, 0.717) is 5.91 Å². The SMILES string of the molecule is O=C(CSC1CCCC1)N1CCC(=C2CC2)CC1. The van der Waals surface area contributed by atoms with Gasteiger partial charge in [0.15, 0.2) is 0 Å². The minimum atomic E-state index is 0.381. The highest BCUT2D eigenvalue weighted by Crippen LogP contribution is 2.36. The van der Waals surface area contributed by atoms with Crippen LogP contribution in [0.2, 0.25) is 0 Å². The normalized spacial score (nSPS) is 24.8. The zero-order valence-electron chi connectivity index (χ0n) is 11.1. The zero-order valence-corrected chi connectivity index (χ0v) is 11.9. The summed E-state index contributed by atoms with van der Waals surface area (Å²) in [5, 5.41) is 0.767. The molecule has 3 heteroatoms. The van der Waals surface area contributed by atoms with Crippen molar-refractivity contribution in [1.29, 1.82) is 0 Å². The first kappa shape index (κ1) is 12.6. The predicted octanol–water partition coefficient (Wildman–Crippen LogP) is 3.38. The van der Waals surface area contributed by atoms with E-state index in [-0.39, 0.29) is 0 Å². The van der Waals surface area contributed by atoms with E-state index < -0.39 is 0 Å². The maximum Gasteiger partial charge on any atom is 0.232 e. The molecule has 0 aromatic heterocycles. The Kier molecular flexibility index (Phi) is 3.97. The van der Waals surface area contributed by atoms with Gasteiger partial charge in [0.25, 0.3) is 0 Å². The van der Waals surface area contributed by atoms with E-state index in [0.717, 1.165) is 36.9 Å². The van der Waals surface area contributed by atoms with Crippen LogP contribution in [0.5, 0.6) is 0 Å². The summed E-state index contributed by atoms with van der Waals surface area (Å²) in [5.74, 6) is 1.10. The summed E-state index contributed by atoms with van der Waals surface area (Å²) in [5.41, 5.74) is 3.37. The lowest BCUT2D eigenvalue weighted by Gasteiger charge is -2.29. The topological polar surface area (TPSA) is 20.3 Å². The number of nitrogens with zero attached hydrogens (tertiary/aromatic N) is 1. The molecular formula is C15H23NOS. The molecule has 1 aliphatic heterocycles. The Bertz CT molecular complexity index is 342. The number of likely N-dealkylation sites (tertiary alicyclic amines) is 1. The van der Waals surface area contributed by atoms with Gasteiger partial charge in [-0.3, -0.25) is 4.79 Å². The Balaban J connectivity index is 1.41. The summed E-state index contributed by atoms with van der Waals surface area (Å²) in [6.07, 6.45) is 10.4. The quantitative estimate of drug-likeness (QED) is 0.729. The Hall–Kier alpha value is -0.440. The van der Waals surface area contributed by atoms with Gasteiger partial charge in [-0.2, -0.15) is 0 Å². The molecule has 0 radical (unpaired) electrons. The van der Waals surface area contributed by atoms with Gasteiger partial charge >= 0.3 is 0 Å². The first-order valence-corrected chi connectivity index (χ1v) is 8.47. The van der Waals surface area contributed by atoms with Crippen molar-refractivity contribution in [2.45, 2.75) is 56.6 Å². The summed E-state index contributed by atoms with van der Waals surface area (Å²) in [6, 6.07) is 0. The third kappa shape index (κ3) is 3.11. The first-order valence-electron chi connectivity index (χ1n) is 7.42. The van der Waals surface area contributed by atoms with Gasteiger partial charge in [-0.1, -0.05) is 24.0 Å². The summed E-state index contributed by atoms with van der Waals surface area (Å²) in [4.78, 5) is 14.2. The van der Waals surface area contributed by atoms with Gasteiger partial charge in [-0.25, -0.2) is 0 Å². The molecule has 0 aromatic carbocycles. The molecule has 2 saturated carbocycles. The van der Waals surface area contributed by atoms with Crippen LogP contribution >= 0.6 is 11.8 Å². The van der Waals surface area contributed by atoms with Crippen molar-refractivity contribution >= 4 is 17.7 Å². The Morgan fingerprint density at radius 3 is 2.28 bits per heavy atom. The van der Waals surface area contributed by atoms with E-state index in [1.165, 1.54) is 38.5 Å². The van der Waals surface area contributed by atoms with E-state index in [1.807, 2.05) is 11.8 Å². The number of rotatable bonds is 3. The molecule has 0 atom stereocenters. The van der Waals surface area contributed by atoms with Gasteiger partial charge < -0.3 is 4.90 Å². The fourth-order valence-electron chi connectivity index (χ4n) is 3.13. The molecule has 1 saturated heterocycles. The van der Waals surface area contributed by atoms with Gasteiger partial charge in [0.2, 0.25) is 5.91 Å². The molecule has 0 N–H and O–H groups in total. The minimum Gasteiger partial charge on any atom is -0.341 e. The molecule has 18 heavy (non-hydrogen) atoms. The molecule has 3 fully saturated rings. The highest BCUT2D eigenvalue weighted by atomic mass is 32.2. The first-order chi connectivity index (χ1) is 8.83. The number of hydrogen-bond acceptors (Lipinski definition) is 2. The summed E-state index contributed by atoms with van der Waals surface area (Å²) in [7, 11) is 0. The van der Waals surface area contributed by atoms with Gasteiger partial charge in [0.05, 0.1) is 5.75 Å². The molecule has 3 aliphatic rings. The summed E-state index contributed by atoms with van der Waals surface area (Å²) < 4.78 is 0.